The quantitative estimate of drug-likeness (QED) is 0.789. The fourth-order valence-electron chi connectivity index (χ4n) is 3.28. The minimum Gasteiger partial charge on any atom is -0.297 e. The number of fused-ring (bicyclic) bond motifs is 1. The number of hydrogen-bond donors (Lipinski definition) is 1. The maximum atomic E-state index is 12.5. The summed E-state index contributed by atoms with van der Waals surface area (Å²) < 4.78 is 27.8. The Hall–Kier alpha value is -2.26. The van der Waals surface area contributed by atoms with E-state index in [2.05, 4.69) is 9.97 Å². The molecule has 140 valence electrons. The van der Waals surface area contributed by atoms with Gasteiger partial charge < -0.3 is 0 Å². The number of sulfonamides is 1. The van der Waals surface area contributed by atoms with Crippen LogP contribution in [-0.4, -0.2) is 40.9 Å². The van der Waals surface area contributed by atoms with Crippen LogP contribution in [0.2, 0.25) is 0 Å². The van der Waals surface area contributed by atoms with Crippen molar-refractivity contribution in [1.82, 2.24) is 18.8 Å². The van der Waals surface area contributed by atoms with Crippen molar-refractivity contribution in [2.24, 2.45) is 0 Å². The van der Waals surface area contributed by atoms with E-state index in [0.29, 0.717) is 31.4 Å². The highest BCUT2D eigenvalue weighted by Gasteiger charge is 2.21. The first-order chi connectivity index (χ1) is 12.4. The molecular formula is C17H22N4O4S. The fraction of sp³-hybridized carbons (Fsp3) is 0.471. The predicted octanol–water partition coefficient (Wildman–Crippen LogP) is 0.521. The number of aromatic amines is 1. The van der Waals surface area contributed by atoms with Crippen LogP contribution in [0.15, 0.2) is 39.0 Å². The fourth-order valence-corrected chi connectivity index (χ4v) is 4.46. The molecule has 0 saturated heterocycles. The van der Waals surface area contributed by atoms with Crippen molar-refractivity contribution in [3.05, 3.63) is 56.6 Å². The molecule has 0 amide bonds. The molecule has 1 N–H and O–H groups in total. The molecular weight excluding hydrogens is 356 g/mol. The molecule has 0 radical (unpaired) electrons. The van der Waals surface area contributed by atoms with E-state index < -0.39 is 15.7 Å². The van der Waals surface area contributed by atoms with Gasteiger partial charge in [-0.3, -0.25) is 19.3 Å². The molecule has 1 aliphatic carbocycles. The minimum absolute atomic E-state index is 0.140. The second-order valence-electron chi connectivity index (χ2n) is 6.41. The number of nitrogens with one attached hydrogen (secondary N) is 1. The van der Waals surface area contributed by atoms with E-state index in [9.17, 15) is 18.0 Å². The normalized spacial score (nSPS) is 14.4. The number of pyridine rings is 1. The van der Waals surface area contributed by atoms with Crippen LogP contribution in [0.25, 0.3) is 0 Å². The Kier molecular flexibility index (Phi) is 5.38. The van der Waals surface area contributed by atoms with E-state index in [1.807, 2.05) is 0 Å². The van der Waals surface area contributed by atoms with Crippen LogP contribution in [0.5, 0.6) is 0 Å². The summed E-state index contributed by atoms with van der Waals surface area (Å²) in [5, 5.41) is 0. The number of hydrogen-bond acceptors (Lipinski definition) is 5. The molecule has 0 spiro atoms. The maximum Gasteiger partial charge on any atom is 0.328 e. The van der Waals surface area contributed by atoms with E-state index in [1.54, 1.807) is 10.6 Å². The number of nitrogens with zero attached hydrogens (tertiary/aromatic N) is 3. The van der Waals surface area contributed by atoms with Crippen molar-refractivity contribution >= 4 is 10.0 Å². The molecule has 0 aromatic carbocycles. The number of rotatable bonds is 6. The molecule has 0 atom stereocenters. The van der Waals surface area contributed by atoms with Crippen LogP contribution < -0.4 is 11.2 Å². The van der Waals surface area contributed by atoms with Crippen molar-refractivity contribution in [2.45, 2.75) is 43.5 Å². The lowest BCUT2D eigenvalue weighted by Crippen LogP contribution is -2.37. The van der Waals surface area contributed by atoms with E-state index in [1.165, 1.54) is 29.8 Å². The molecule has 2 aromatic rings. The third kappa shape index (κ3) is 3.63. The molecule has 3 rings (SSSR count). The van der Waals surface area contributed by atoms with Crippen molar-refractivity contribution in [3.8, 4) is 0 Å². The first-order valence-corrected chi connectivity index (χ1v) is 10.1. The second kappa shape index (κ2) is 7.55. The zero-order valence-corrected chi connectivity index (χ0v) is 15.5. The smallest absolute Gasteiger partial charge is 0.297 e. The van der Waals surface area contributed by atoms with E-state index in [-0.39, 0.29) is 17.0 Å². The molecule has 1 aliphatic rings. The van der Waals surface area contributed by atoms with E-state index in [4.69, 9.17) is 0 Å². The standard InChI is InChI=1S/C17H22N4O4S/c1-20(26(24,25)13-6-4-9-18-12-13)10-5-11-21-15-8-3-2-7-14(15)16(22)19-17(21)23/h4,6,9,12H,2-3,5,7-8,10-11H2,1H3,(H,19,22,23). The van der Waals surface area contributed by atoms with Crippen molar-refractivity contribution < 1.29 is 8.42 Å². The van der Waals surface area contributed by atoms with Crippen molar-refractivity contribution in [1.29, 1.82) is 0 Å². The first kappa shape index (κ1) is 18.5. The average Bonchev–Trinajstić information content (AvgIpc) is 2.65. The van der Waals surface area contributed by atoms with Crippen LogP contribution in [0.1, 0.15) is 30.5 Å². The Balaban J connectivity index is 1.73. The third-order valence-electron chi connectivity index (χ3n) is 4.70. The highest BCUT2D eigenvalue weighted by molar-refractivity contribution is 7.89. The van der Waals surface area contributed by atoms with Crippen LogP contribution in [-0.2, 0) is 29.4 Å². The highest BCUT2D eigenvalue weighted by atomic mass is 32.2. The molecule has 2 heterocycles. The molecule has 8 nitrogen and oxygen atoms in total. The second-order valence-corrected chi connectivity index (χ2v) is 8.46. The van der Waals surface area contributed by atoms with Crippen LogP contribution in [0.3, 0.4) is 0 Å². The molecule has 0 aliphatic heterocycles. The van der Waals surface area contributed by atoms with Crippen molar-refractivity contribution in [3.63, 3.8) is 0 Å². The Morgan fingerprint density at radius 3 is 2.77 bits per heavy atom. The SMILES string of the molecule is CN(CCCn1c2c(c(=O)[nH]c1=O)CCCC2)S(=O)(=O)c1cccnc1. The predicted molar refractivity (Wildman–Crippen MR) is 96.6 cm³/mol. The Morgan fingerprint density at radius 1 is 1.27 bits per heavy atom. The molecule has 0 saturated carbocycles. The van der Waals surface area contributed by atoms with Crippen LogP contribution in [0.4, 0.5) is 0 Å². The lowest BCUT2D eigenvalue weighted by atomic mass is 9.97. The van der Waals surface area contributed by atoms with E-state index >= 15 is 0 Å². The lowest BCUT2D eigenvalue weighted by Gasteiger charge is -2.21. The summed E-state index contributed by atoms with van der Waals surface area (Å²) in [6, 6.07) is 3.08. The largest absolute Gasteiger partial charge is 0.328 e. The zero-order valence-electron chi connectivity index (χ0n) is 14.6. The maximum absolute atomic E-state index is 12.5. The third-order valence-corrected chi connectivity index (χ3v) is 6.54. The van der Waals surface area contributed by atoms with Gasteiger partial charge in [0.15, 0.2) is 0 Å². The van der Waals surface area contributed by atoms with Gasteiger partial charge >= 0.3 is 5.69 Å². The molecule has 9 heteroatoms. The monoisotopic (exact) mass is 378 g/mol. The molecule has 0 unspecified atom stereocenters. The summed E-state index contributed by atoms with van der Waals surface area (Å²) in [6.45, 7) is 0.627. The van der Waals surface area contributed by atoms with Gasteiger partial charge in [0, 0.05) is 43.8 Å². The van der Waals surface area contributed by atoms with Gasteiger partial charge in [-0.05, 0) is 44.2 Å². The zero-order chi connectivity index (χ0) is 18.7. The number of H-pyrrole nitrogens is 1. The van der Waals surface area contributed by atoms with Gasteiger partial charge in [-0.15, -0.1) is 0 Å². The van der Waals surface area contributed by atoms with Crippen molar-refractivity contribution in [2.75, 3.05) is 13.6 Å². The lowest BCUT2D eigenvalue weighted by molar-refractivity contribution is 0.435. The van der Waals surface area contributed by atoms with Crippen LogP contribution in [0, 0.1) is 0 Å². The van der Waals surface area contributed by atoms with Gasteiger partial charge in [-0.1, -0.05) is 0 Å². The summed E-state index contributed by atoms with van der Waals surface area (Å²) in [5.41, 5.74) is 0.764. The Bertz CT molecular complexity index is 996. The highest BCUT2D eigenvalue weighted by Crippen LogP contribution is 2.17. The van der Waals surface area contributed by atoms with E-state index in [0.717, 1.165) is 18.5 Å². The van der Waals surface area contributed by atoms with Gasteiger partial charge in [-0.25, -0.2) is 17.5 Å². The van der Waals surface area contributed by atoms with Gasteiger partial charge in [-0.2, -0.15) is 0 Å². The molecule has 0 bridgehead atoms. The summed E-state index contributed by atoms with van der Waals surface area (Å²) in [6.07, 6.45) is 6.58. The van der Waals surface area contributed by atoms with Gasteiger partial charge in [0.25, 0.3) is 5.56 Å². The summed E-state index contributed by atoms with van der Waals surface area (Å²) in [7, 11) is -2.09. The average molecular weight is 378 g/mol. The Morgan fingerprint density at radius 2 is 2.04 bits per heavy atom. The van der Waals surface area contributed by atoms with Gasteiger partial charge in [0.05, 0.1) is 0 Å². The van der Waals surface area contributed by atoms with Crippen LogP contribution >= 0.6 is 0 Å². The Labute approximate surface area is 151 Å². The summed E-state index contributed by atoms with van der Waals surface area (Å²) in [5.74, 6) is 0. The molecule has 2 aromatic heterocycles. The first-order valence-electron chi connectivity index (χ1n) is 8.62. The number of aromatic nitrogens is 3. The molecule has 0 fully saturated rings. The minimum atomic E-state index is -3.60. The van der Waals surface area contributed by atoms with Gasteiger partial charge in [0.1, 0.15) is 4.90 Å². The van der Waals surface area contributed by atoms with Gasteiger partial charge in [0.2, 0.25) is 10.0 Å². The molecule has 26 heavy (non-hydrogen) atoms. The summed E-state index contributed by atoms with van der Waals surface area (Å²) >= 11 is 0. The summed E-state index contributed by atoms with van der Waals surface area (Å²) in [4.78, 5) is 30.5. The topological polar surface area (TPSA) is 105 Å².